The van der Waals surface area contributed by atoms with Crippen LogP contribution in [0.5, 0.6) is 0 Å². The van der Waals surface area contributed by atoms with E-state index in [0.717, 1.165) is 42.0 Å². The first-order valence-corrected chi connectivity index (χ1v) is 6.32. The van der Waals surface area contributed by atoms with E-state index in [2.05, 4.69) is 15.6 Å². The lowest BCUT2D eigenvalue weighted by atomic mass is 10.1. The number of nitrogens with one attached hydrogen (secondary N) is 1. The Bertz CT molecular complexity index is 601. The SMILES string of the molecule is FC(F)(F)c1ccc(Cn2nnc3c2CCNC3)cc1. The molecule has 0 bridgehead atoms. The summed E-state index contributed by atoms with van der Waals surface area (Å²) in [6.45, 7) is 2.01. The fraction of sp³-hybridized carbons (Fsp3) is 0.385. The third kappa shape index (κ3) is 2.53. The minimum absolute atomic E-state index is 0.445. The molecule has 0 saturated carbocycles. The lowest BCUT2D eigenvalue weighted by molar-refractivity contribution is -0.137. The zero-order valence-corrected chi connectivity index (χ0v) is 10.6. The minimum atomic E-state index is -4.30. The second-order valence-corrected chi connectivity index (χ2v) is 4.76. The summed E-state index contributed by atoms with van der Waals surface area (Å²) in [4.78, 5) is 0. The number of rotatable bonds is 2. The maximum atomic E-state index is 12.5. The molecule has 106 valence electrons. The number of aromatic nitrogens is 3. The first kappa shape index (κ1) is 13.1. The van der Waals surface area contributed by atoms with Gasteiger partial charge in [-0.2, -0.15) is 13.2 Å². The molecule has 0 radical (unpaired) electrons. The van der Waals surface area contributed by atoms with Crippen molar-refractivity contribution in [2.24, 2.45) is 0 Å². The summed E-state index contributed by atoms with van der Waals surface area (Å²) in [6.07, 6.45) is -3.46. The van der Waals surface area contributed by atoms with Crippen molar-refractivity contribution in [3.8, 4) is 0 Å². The van der Waals surface area contributed by atoms with Crippen LogP contribution in [-0.2, 0) is 25.7 Å². The number of hydrogen-bond donors (Lipinski definition) is 1. The van der Waals surface area contributed by atoms with Crippen LogP contribution in [0.15, 0.2) is 24.3 Å². The van der Waals surface area contributed by atoms with Crippen molar-refractivity contribution < 1.29 is 13.2 Å². The Kier molecular flexibility index (Phi) is 3.21. The summed E-state index contributed by atoms with van der Waals surface area (Å²) >= 11 is 0. The zero-order chi connectivity index (χ0) is 14.2. The standard InChI is InChI=1S/C13H13F3N4/c14-13(15,16)10-3-1-9(2-4-10)8-20-12-5-6-17-7-11(12)18-19-20/h1-4,17H,5-8H2. The molecule has 20 heavy (non-hydrogen) atoms. The number of alkyl halides is 3. The van der Waals surface area contributed by atoms with E-state index in [1.165, 1.54) is 12.1 Å². The molecule has 0 saturated heterocycles. The molecule has 7 heteroatoms. The van der Waals surface area contributed by atoms with Gasteiger partial charge in [0.15, 0.2) is 0 Å². The lowest BCUT2D eigenvalue weighted by Gasteiger charge is -2.13. The van der Waals surface area contributed by atoms with Crippen molar-refractivity contribution >= 4 is 0 Å². The third-order valence-electron chi connectivity index (χ3n) is 3.36. The van der Waals surface area contributed by atoms with Gasteiger partial charge in [0.2, 0.25) is 0 Å². The van der Waals surface area contributed by atoms with Crippen molar-refractivity contribution in [3.63, 3.8) is 0 Å². The van der Waals surface area contributed by atoms with E-state index in [4.69, 9.17) is 0 Å². The van der Waals surface area contributed by atoms with E-state index in [9.17, 15) is 13.2 Å². The molecule has 1 aliphatic heterocycles. The normalized spacial score (nSPS) is 15.2. The van der Waals surface area contributed by atoms with E-state index in [1.54, 1.807) is 4.68 Å². The molecule has 0 spiro atoms. The van der Waals surface area contributed by atoms with Gasteiger partial charge in [-0.1, -0.05) is 17.3 Å². The van der Waals surface area contributed by atoms with Gasteiger partial charge in [0.05, 0.1) is 23.5 Å². The van der Waals surface area contributed by atoms with Gasteiger partial charge in [0, 0.05) is 19.5 Å². The average molecular weight is 282 g/mol. The number of nitrogens with zero attached hydrogens (tertiary/aromatic N) is 3. The van der Waals surface area contributed by atoms with Gasteiger partial charge >= 0.3 is 6.18 Å². The Labute approximate surface area is 113 Å². The van der Waals surface area contributed by atoms with Gasteiger partial charge < -0.3 is 5.32 Å². The summed E-state index contributed by atoms with van der Waals surface area (Å²) in [6, 6.07) is 5.16. The molecule has 1 aromatic carbocycles. The molecule has 2 heterocycles. The second-order valence-electron chi connectivity index (χ2n) is 4.76. The van der Waals surface area contributed by atoms with Crippen molar-refractivity contribution in [1.82, 2.24) is 20.3 Å². The van der Waals surface area contributed by atoms with Gasteiger partial charge in [-0.15, -0.1) is 5.10 Å². The van der Waals surface area contributed by atoms with E-state index in [1.807, 2.05) is 0 Å². The Morgan fingerprint density at radius 2 is 1.95 bits per heavy atom. The summed E-state index contributed by atoms with van der Waals surface area (Å²) in [5.41, 5.74) is 2.13. The van der Waals surface area contributed by atoms with Crippen LogP contribution in [0.3, 0.4) is 0 Å². The van der Waals surface area contributed by atoms with Gasteiger partial charge in [-0.05, 0) is 17.7 Å². The fourth-order valence-electron chi connectivity index (χ4n) is 2.29. The highest BCUT2D eigenvalue weighted by Gasteiger charge is 2.30. The highest BCUT2D eigenvalue weighted by molar-refractivity contribution is 5.25. The molecule has 3 rings (SSSR count). The molecule has 0 aliphatic carbocycles. The average Bonchev–Trinajstić information content (AvgIpc) is 2.82. The van der Waals surface area contributed by atoms with Crippen LogP contribution in [0.4, 0.5) is 13.2 Å². The predicted octanol–water partition coefficient (Wildman–Crippen LogP) is 1.99. The van der Waals surface area contributed by atoms with E-state index >= 15 is 0 Å². The molecule has 0 atom stereocenters. The molecule has 0 unspecified atom stereocenters. The molecule has 2 aromatic rings. The molecule has 0 fully saturated rings. The Hall–Kier alpha value is -1.89. The first-order chi connectivity index (χ1) is 9.54. The highest BCUT2D eigenvalue weighted by atomic mass is 19.4. The monoisotopic (exact) mass is 282 g/mol. The second kappa shape index (κ2) is 4.90. The van der Waals surface area contributed by atoms with Gasteiger partial charge in [0.1, 0.15) is 0 Å². The smallest absolute Gasteiger partial charge is 0.311 e. The van der Waals surface area contributed by atoms with Crippen LogP contribution in [-0.4, -0.2) is 21.5 Å². The van der Waals surface area contributed by atoms with Gasteiger partial charge in [-0.25, -0.2) is 4.68 Å². The molecule has 4 nitrogen and oxygen atoms in total. The van der Waals surface area contributed by atoms with Crippen molar-refractivity contribution in [2.45, 2.75) is 25.7 Å². The maximum Gasteiger partial charge on any atom is 0.416 e. The van der Waals surface area contributed by atoms with Gasteiger partial charge in [-0.3, -0.25) is 0 Å². The van der Waals surface area contributed by atoms with Crippen LogP contribution >= 0.6 is 0 Å². The largest absolute Gasteiger partial charge is 0.416 e. The quantitative estimate of drug-likeness (QED) is 0.916. The van der Waals surface area contributed by atoms with E-state index < -0.39 is 11.7 Å². The number of benzene rings is 1. The first-order valence-electron chi connectivity index (χ1n) is 6.32. The van der Waals surface area contributed by atoms with Crippen LogP contribution in [0, 0.1) is 0 Å². The van der Waals surface area contributed by atoms with Crippen LogP contribution < -0.4 is 5.32 Å². The maximum absolute atomic E-state index is 12.5. The molecule has 0 amide bonds. The molecule has 1 aliphatic rings. The van der Waals surface area contributed by atoms with E-state index in [0.29, 0.717) is 13.1 Å². The number of fused-ring (bicyclic) bond motifs is 1. The molecule has 1 N–H and O–H groups in total. The van der Waals surface area contributed by atoms with Crippen LogP contribution in [0.2, 0.25) is 0 Å². The van der Waals surface area contributed by atoms with Crippen molar-refractivity contribution in [2.75, 3.05) is 6.54 Å². The topological polar surface area (TPSA) is 42.7 Å². The Balaban J connectivity index is 1.80. The molecular formula is C13H13F3N4. The number of hydrogen-bond acceptors (Lipinski definition) is 3. The van der Waals surface area contributed by atoms with Gasteiger partial charge in [0.25, 0.3) is 0 Å². The van der Waals surface area contributed by atoms with Crippen LogP contribution in [0.25, 0.3) is 0 Å². The molecule has 1 aromatic heterocycles. The summed E-state index contributed by atoms with van der Waals surface area (Å²) < 4.78 is 39.2. The third-order valence-corrected chi connectivity index (χ3v) is 3.36. The van der Waals surface area contributed by atoms with Crippen LogP contribution in [0.1, 0.15) is 22.5 Å². The minimum Gasteiger partial charge on any atom is -0.311 e. The Morgan fingerprint density at radius 1 is 1.20 bits per heavy atom. The summed E-state index contributed by atoms with van der Waals surface area (Å²) in [7, 11) is 0. The lowest BCUT2D eigenvalue weighted by Crippen LogP contribution is -2.25. The fourth-order valence-corrected chi connectivity index (χ4v) is 2.29. The predicted molar refractivity (Wildman–Crippen MR) is 66.0 cm³/mol. The zero-order valence-electron chi connectivity index (χ0n) is 10.6. The van der Waals surface area contributed by atoms with Crippen molar-refractivity contribution in [1.29, 1.82) is 0 Å². The Morgan fingerprint density at radius 3 is 2.65 bits per heavy atom. The summed E-state index contributed by atoms with van der Waals surface area (Å²) in [5.74, 6) is 0. The van der Waals surface area contributed by atoms with E-state index in [-0.39, 0.29) is 0 Å². The van der Waals surface area contributed by atoms with Crippen molar-refractivity contribution in [3.05, 3.63) is 46.8 Å². The number of halogens is 3. The molecular weight excluding hydrogens is 269 g/mol. The summed E-state index contributed by atoms with van der Waals surface area (Å²) in [5, 5.41) is 11.4. The highest BCUT2D eigenvalue weighted by Crippen LogP contribution is 2.29.